The second kappa shape index (κ2) is 19.2. The monoisotopic (exact) mass is 280 g/mol. The molecule has 0 unspecified atom stereocenters. The Balaban J connectivity index is -0.0000000535. The first-order valence-electron chi connectivity index (χ1n) is 3.91. The van der Waals surface area contributed by atoms with E-state index in [0.717, 1.165) is 0 Å². The molecule has 0 atom stereocenters. The maximum Gasteiger partial charge on any atom is 0.668 e. The summed E-state index contributed by atoms with van der Waals surface area (Å²) in [5.41, 5.74) is 0. The summed E-state index contributed by atoms with van der Waals surface area (Å²) in [5, 5.41) is 0. The Hall–Kier alpha value is 0.628. The van der Waals surface area contributed by atoms with Crippen LogP contribution in [0.3, 0.4) is 0 Å². The van der Waals surface area contributed by atoms with Crippen LogP contribution in [-0.4, -0.2) is 62.3 Å². The molecule has 0 saturated heterocycles. The summed E-state index contributed by atoms with van der Waals surface area (Å²) in [6.07, 6.45) is 0. The third-order valence-electron chi connectivity index (χ3n) is 0.408. The topological polar surface area (TPSA) is 110 Å². The zero-order chi connectivity index (χ0) is 11.3. The molecule has 0 amide bonds. The molecular weight excluding hydrogens is 256 g/mol. The maximum absolute atomic E-state index is 7.71. The van der Waals surface area contributed by atoms with E-state index in [1.165, 1.54) is 0 Å². The van der Waals surface area contributed by atoms with Gasteiger partial charge in [0.05, 0.1) is 0 Å². The third-order valence-corrected chi connectivity index (χ3v) is 3.67. The van der Waals surface area contributed by atoms with Crippen molar-refractivity contribution in [1.29, 1.82) is 0 Å². The summed E-state index contributed by atoms with van der Waals surface area (Å²) in [5.74, 6) is 0. The largest absolute Gasteiger partial charge is 0.668 e. The van der Waals surface area contributed by atoms with Gasteiger partial charge in [-0.3, -0.25) is 0 Å². The lowest BCUT2D eigenvalue weighted by atomic mass is 11.9. The SMILES string of the molecule is C.C[SiH2]O.C[SiH2]O[SiH2]C.O[Si](O)(O)O. The first-order chi connectivity index (χ1) is 5.83. The minimum Gasteiger partial charge on any atom is -0.466 e. The molecule has 0 rings (SSSR count). The van der Waals surface area contributed by atoms with Gasteiger partial charge < -0.3 is 28.1 Å². The van der Waals surface area contributed by atoms with E-state index in [9.17, 15) is 0 Å². The highest BCUT2D eigenvalue weighted by molar-refractivity contribution is 6.46. The van der Waals surface area contributed by atoms with Crippen molar-refractivity contribution < 1.29 is 28.1 Å². The van der Waals surface area contributed by atoms with Crippen molar-refractivity contribution in [3.8, 4) is 0 Å². The molecule has 0 aliphatic carbocycles. The first-order valence-corrected chi connectivity index (χ1v) is 11.7. The average molecular weight is 281 g/mol. The van der Waals surface area contributed by atoms with Gasteiger partial charge in [-0.1, -0.05) is 27.1 Å². The zero-order valence-electron chi connectivity index (χ0n) is 8.27. The second-order valence-electron chi connectivity index (χ2n) is 1.70. The fourth-order valence-corrected chi connectivity index (χ4v) is 1.84. The lowest BCUT2D eigenvalue weighted by Gasteiger charge is -1.91. The van der Waals surface area contributed by atoms with Crippen LogP contribution < -0.4 is 0 Å². The summed E-state index contributed by atoms with van der Waals surface area (Å²) in [4.78, 5) is 37.0. The predicted molar refractivity (Wildman–Crippen MR) is 67.9 cm³/mol. The zero-order valence-corrected chi connectivity index (χ0v) is 13.5. The van der Waals surface area contributed by atoms with Crippen LogP contribution in [0.15, 0.2) is 0 Å². The van der Waals surface area contributed by atoms with E-state index in [-0.39, 0.29) is 27.0 Å². The Morgan fingerprint density at radius 3 is 1.07 bits per heavy atom. The van der Waals surface area contributed by atoms with E-state index < -0.39 is 18.8 Å². The van der Waals surface area contributed by atoms with Crippen molar-refractivity contribution in [2.24, 2.45) is 0 Å². The van der Waals surface area contributed by atoms with Crippen LogP contribution in [0, 0.1) is 0 Å². The van der Waals surface area contributed by atoms with Crippen molar-refractivity contribution in [3.63, 3.8) is 0 Å². The van der Waals surface area contributed by atoms with E-state index >= 15 is 0 Å². The Labute approximate surface area is 93.9 Å². The van der Waals surface area contributed by atoms with Crippen LogP contribution in [0.5, 0.6) is 0 Å². The van der Waals surface area contributed by atoms with Crippen molar-refractivity contribution >= 4 is 38.3 Å². The fourth-order valence-electron chi connectivity index (χ4n) is 0.204. The molecule has 10 heteroatoms. The van der Waals surface area contributed by atoms with Crippen molar-refractivity contribution in [1.82, 2.24) is 0 Å². The van der Waals surface area contributed by atoms with Crippen LogP contribution in [-0.2, 0) is 4.12 Å². The molecule has 0 fully saturated rings. The van der Waals surface area contributed by atoms with E-state index in [2.05, 4.69) is 13.1 Å². The molecule has 92 valence electrons. The molecule has 6 nitrogen and oxygen atoms in total. The number of hydrogen-bond acceptors (Lipinski definition) is 6. The number of rotatable bonds is 2. The molecule has 0 spiro atoms. The Bertz CT molecular complexity index is 70.7. The molecule has 0 saturated carbocycles. The molecule has 0 aromatic carbocycles. The molecule has 14 heavy (non-hydrogen) atoms. The first kappa shape index (κ1) is 24.1. The van der Waals surface area contributed by atoms with Gasteiger partial charge in [-0.2, -0.15) is 0 Å². The smallest absolute Gasteiger partial charge is 0.466 e. The van der Waals surface area contributed by atoms with Gasteiger partial charge in [0.2, 0.25) is 0 Å². The van der Waals surface area contributed by atoms with Gasteiger partial charge in [0.1, 0.15) is 19.5 Å². The molecule has 0 bridgehead atoms. The minimum absolute atomic E-state index is 0. The van der Waals surface area contributed by atoms with E-state index in [0.29, 0.717) is 0 Å². The normalized spacial score (nSPS) is 11.1. The Morgan fingerprint density at radius 1 is 0.929 bits per heavy atom. The van der Waals surface area contributed by atoms with Crippen LogP contribution >= 0.6 is 0 Å². The van der Waals surface area contributed by atoms with E-state index in [1.54, 1.807) is 0 Å². The van der Waals surface area contributed by atoms with Crippen LogP contribution in [0.25, 0.3) is 0 Å². The quantitative estimate of drug-likeness (QED) is 0.334. The van der Waals surface area contributed by atoms with Crippen LogP contribution in [0.2, 0.25) is 19.6 Å². The number of hydrogen-bond donors (Lipinski definition) is 5. The highest BCUT2D eigenvalue weighted by atomic mass is 28.4. The molecule has 0 radical (unpaired) electrons. The molecule has 0 heterocycles. The van der Waals surface area contributed by atoms with Crippen molar-refractivity contribution in [3.05, 3.63) is 0 Å². The third kappa shape index (κ3) is 247. The van der Waals surface area contributed by atoms with E-state index in [1.807, 2.05) is 6.55 Å². The Morgan fingerprint density at radius 2 is 1.07 bits per heavy atom. The molecule has 0 aliphatic rings. The highest BCUT2D eigenvalue weighted by Crippen LogP contribution is 1.67. The van der Waals surface area contributed by atoms with Crippen LogP contribution in [0.4, 0.5) is 0 Å². The summed E-state index contributed by atoms with van der Waals surface area (Å²) < 4.78 is 5.11. The van der Waals surface area contributed by atoms with Gasteiger partial charge in [-0.25, -0.2) is 0 Å². The molecule has 0 aliphatic heterocycles. The van der Waals surface area contributed by atoms with Gasteiger partial charge in [-0.05, 0) is 0 Å². The highest BCUT2D eigenvalue weighted by Gasteiger charge is 2.22. The maximum atomic E-state index is 7.71. The predicted octanol–water partition coefficient (Wildman–Crippen LogP) is -3.60. The van der Waals surface area contributed by atoms with Gasteiger partial charge >= 0.3 is 9.05 Å². The van der Waals surface area contributed by atoms with Crippen molar-refractivity contribution in [2.45, 2.75) is 27.1 Å². The minimum atomic E-state index is -4.61. The lowest BCUT2D eigenvalue weighted by Crippen LogP contribution is -2.33. The van der Waals surface area contributed by atoms with Crippen LogP contribution in [0.1, 0.15) is 7.43 Å². The summed E-state index contributed by atoms with van der Waals surface area (Å²) in [6, 6.07) is 0. The Kier molecular flexibility index (Phi) is 33.1. The standard InChI is InChI=1S/C2H10OSi2.CH6OSi.CH4.H4O4Si/c1-4-3-5-2;1-3-2;;1-5(2,3)4/h4-5H2,1-2H3;2H,3H2,1H3;1H4;1-4H. The van der Waals surface area contributed by atoms with E-state index in [4.69, 9.17) is 28.1 Å². The van der Waals surface area contributed by atoms with Gasteiger partial charge in [0, 0.05) is 0 Å². The molecule has 0 aromatic heterocycles. The summed E-state index contributed by atoms with van der Waals surface area (Å²) in [7, 11) is -5.24. The molecule has 0 aromatic rings. The van der Waals surface area contributed by atoms with Gasteiger partial charge in [-0.15, -0.1) is 0 Å². The van der Waals surface area contributed by atoms with Gasteiger partial charge in [0.25, 0.3) is 0 Å². The molecule has 5 N–H and O–H groups in total. The van der Waals surface area contributed by atoms with Gasteiger partial charge in [0.15, 0.2) is 9.76 Å². The van der Waals surface area contributed by atoms with Crippen molar-refractivity contribution in [2.75, 3.05) is 0 Å². The second-order valence-corrected chi connectivity index (χ2v) is 6.32. The fraction of sp³-hybridized carbons (Fsp3) is 1.00. The molecular formula is C4H24O6Si4. The average Bonchev–Trinajstić information content (AvgIpc) is 1.87. The summed E-state index contributed by atoms with van der Waals surface area (Å²) in [6.45, 7) is 6.15. The lowest BCUT2D eigenvalue weighted by molar-refractivity contribution is 0.117. The summed E-state index contributed by atoms with van der Waals surface area (Å²) >= 11 is 0.